The maximum absolute atomic E-state index is 12.4. The molecule has 1 aliphatic rings. The van der Waals surface area contributed by atoms with E-state index in [-0.39, 0.29) is 23.5 Å². The first-order chi connectivity index (χ1) is 11.5. The number of hydrogen-bond acceptors (Lipinski definition) is 6. The second-order valence-electron chi connectivity index (χ2n) is 5.48. The number of hydrogen-bond donors (Lipinski definition) is 0. The molecule has 1 saturated heterocycles. The van der Waals surface area contributed by atoms with Crippen molar-refractivity contribution in [3.05, 3.63) is 23.8 Å². The molecule has 0 spiro atoms. The summed E-state index contributed by atoms with van der Waals surface area (Å²) in [6.45, 7) is 3.98. The van der Waals surface area contributed by atoms with Crippen LogP contribution in [0.2, 0.25) is 0 Å². The van der Waals surface area contributed by atoms with E-state index in [4.69, 9.17) is 9.47 Å². The molecular weight excluding hydrogens is 330 g/mol. The molecule has 1 amide bonds. The van der Waals surface area contributed by atoms with Gasteiger partial charge >= 0.3 is 5.97 Å². The Morgan fingerprint density at radius 2 is 2.12 bits per heavy atom. The lowest BCUT2D eigenvalue weighted by atomic mass is 10.1. The van der Waals surface area contributed by atoms with Crippen molar-refractivity contribution < 1.29 is 23.9 Å². The molecule has 130 valence electrons. The maximum atomic E-state index is 12.4. The van der Waals surface area contributed by atoms with E-state index in [1.54, 1.807) is 30.0 Å². The molecule has 1 aliphatic heterocycles. The van der Waals surface area contributed by atoms with Crippen molar-refractivity contribution in [1.29, 1.82) is 0 Å². The number of carbonyl (C=O) groups is 3. The first-order valence-electron chi connectivity index (χ1n) is 7.75. The molecule has 1 unspecified atom stereocenters. The molecular formula is C17H21NO5S. The smallest absolute Gasteiger partial charge is 0.340 e. The summed E-state index contributed by atoms with van der Waals surface area (Å²) in [5.74, 6) is 0.670. The van der Waals surface area contributed by atoms with Crippen molar-refractivity contribution in [3.63, 3.8) is 0 Å². The number of methoxy groups -OCH3 is 1. The highest BCUT2D eigenvalue weighted by Gasteiger charge is 2.33. The first kappa shape index (κ1) is 18.3. The number of anilines is 1. The molecule has 2 rings (SSSR count). The summed E-state index contributed by atoms with van der Waals surface area (Å²) in [6.07, 6.45) is 0.370. The lowest BCUT2D eigenvalue weighted by Gasteiger charge is -2.20. The van der Waals surface area contributed by atoms with Crippen LogP contribution >= 0.6 is 11.8 Å². The maximum Gasteiger partial charge on any atom is 0.340 e. The zero-order valence-electron chi connectivity index (χ0n) is 14.0. The van der Waals surface area contributed by atoms with Gasteiger partial charge in [0.25, 0.3) is 0 Å². The van der Waals surface area contributed by atoms with E-state index >= 15 is 0 Å². The fraction of sp³-hybridized carbons (Fsp3) is 0.471. The number of benzene rings is 1. The van der Waals surface area contributed by atoms with Crippen LogP contribution in [-0.2, 0) is 14.3 Å². The van der Waals surface area contributed by atoms with Crippen LogP contribution in [0.3, 0.4) is 0 Å². The summed E-state index contributed by atoms with van der Waals surface area (Å²) in [4.78, 5) is 37.3. The topological polar surface area (TPSA) is 72.9 Å². The molecule has 1 atom stereocenters. The molecule has 0 aromatic heterocycles. The second-order valence-corrected chi connectivity index (χ2v) is 6.68. The third-order valence-corrected chi connectivity index (χ3v) is 4.76. The number of nitrogens with zero attached hydrogens (tertiary/aromatic N) is 1. The van der Waals surface area contributed by atoms with Crippen molar-refractivity contribution >= 4 is 34.4 Å². The van der Waals surface area contributed by atoms with Gasteiger partial charge in [-0.2, -0.15) is 0 Å². The highest BCUT2D eigenvalue weighted by atomic mass is 32.2. The zero-order chi connectivity index (χ0) is 17.7. The molecule has 6 nitrogen and oxygen atoms in total. The summed E-state index contributed by atoms with van der Waals surface area (Å²) in [5, 5.41) is 0.0394. The summed E-state index contributed by atoms with van der Waals surface area (Å²) in [6, 6.07) is 4.99. The van der Waals surface area contributed by atoms with Gasteiger partial charge < -0.3 is 14.4 Å². The van der Waals surface area contributed by atoms with Crippen molar-refractivity contribution in [2.45, 2.75) is 20.3 Å². The number of thioether (sulfide) groups is 1. The minimum atomic E-state index is -0.485. The van der Waals surface area contributed by atoms with E-state index in [9.17, 15) is 14.4 Å². The Kier molecular flexibility index (Phi) is 6.25. The van der Waals surface area contributed by atoms with E-state index in [1.165, 1.54) is 25.8 Å². The Hall–Kier alpha value is -2.02. The molecule has 1 aromatic carbocycles. The number of rotatable bonds is 6. The van der Waals surface area contributed by atoms with Gasteiger partial charge in [0, 0.05) is 25.6 Å². The Balaban J connectivity index is 2.25. The van der Waals surface area contributed by atoms with Crippen LogP contribution < -0.4 is 9.64 Å². The monoisotopic (exact) mass is 351 g/mol. The van der Waals surface area contributed by atoms with Gasteiger partial charge in [0.2, 0.25) is 5.91 Å². The lowest BCUT2D eigenvalue weighted by molar-refractivity contribution is -0.117. The molecule has 0 radical (unpaired) electrons. The number of ether oxygens (including phenoxy) is 2. The quantitative estimate of drug-likeness (QED) is 0.733. The molecule has 0 bridgehead atoms. The molecule has 1 heterocycles. The van der Waals surface area contributed by atoms with Crippen molar-refractivity contribution in [3.8, 4) is 5.75 Å². The molecule has 0 N–H and O–H groups in total. The molecule has 1 fully saturated rings. The molecule has 1 aromatic rings. The van der Waals surface area contributed by atoms with Gasteiger partial charge in [0.15, 0.2) is 5.12 Å². The van der Waals surface area contributed by atoms with Gasteiger partial charge in [-0.15, -0.1) is 0 Å². The predicted octanol–water partition coefficient (Wildman–Crippen LogP) is 2.50. The van der Waals surface area contributed by atoms with Crippen LogP contribution in [0, 0.1) is 5.92 Å². The normalized spacial score (nSPS) is 17.0. The Morgan fingerprint density at radius 3 is 2.75 bits per heavy atom. The van der Waals surface area contributed by atoms with E-state index in [2.05, 4.69) is 0 Å². The first-order valence-corrected chi connectivity index (χ1v) is 8.73. The van der Waals surface area contributed by atoms with Gasteiger partial charge in [0.1, 0.15) is 5.75 Å². The van der Waals surface area contributed by atoms with E-state index in [0.29, 0.717) is 35.7 Å². The molecule has 24 heavy (non-hydrogen) atoms. The lowest BCUT2D eigenvalue weighted by Crippen LogP contribution is -2.27. The third-order valence-electron chi connectivity index (χ3n) is 3.72. The molecule has 0 saturated carbocycles. The van der Waals surface area contributed by atoms with Crippen LogP contribution in [0.1, 0.15) is 30.6 Å². The SMILES string of the molecule is CCOC(=O)c1cc(OC)ccc1N1CC(CSC(C)=O)CC1=O. The Labute approximate surface area is 145 Å². The number of esters is 1. The standard InChI is InChI=1S/C17H21NO5S/c1-4-23-17(21)14-8-13(22-3)5-6-15(14)18-9-12(7-16(18)20)10-24-11(2)19/h5-6,8,12H,4,7,9-10H2,1-3H3. The highest BCUT2D eigenvalue weighted by Crippen LogP contribution is 2.32. The van der Waals surface area contributed by atoms with Crippen LogP contribution in [0.25, 0.3) is 0 Å². The molecule has 0 aliphatic carbocycles. The highest BCUT2D eigenvalue weighted by molar-refractivity contribution is 8.13. The largest absolute Gasteiger partial charge is 0.497 e. The minimum Gasteiger partial charge on any atom is -0.497 e. The fourth-order valence-corrected chi connectivity index (χ4v) is 3.30. The van der Waals surface area contributed by atoms with Crippen molar-refractivity contribution in [2.24, 2.45) is 5.92 Å². The number of amides is 1. The predicted molar refractivity (Wildman–Crippen MR) is 92.5 cm³/mol. The Morgan fingerprint density at radius 1 is 1.38 bits per heavy atom. The van der Waals surface area contributed by atoms with Crippen molar-refractivity contribution in [1.82, 2.24) is 0 Å². The summed E-state index contributed by atoms with van der Waals surface area (Å²) < 4.78 is 10.2. The summed E-state index contributed by atoms with van der Waals surface area (Å²) in [7, 11) is 1.51. The molecule has 7 heteroatoms. The third kappa shape index (κ3) is 4.29. The van der Waals surface area contributed by atoms with Gasteiger partial charge in [-0.25, -0.2) is 4.79 Å². The Bertz CT molecular complexity index is 646. The van der Waals surface area contributed by atoms with Crippen molar-refractivity contribution in [2.75, 3.05) is 30.9 Å². The summed E-state index contributed by atoms with van der Waals surface area (Å²) in [5.41, 5.74) is 0.832. The van der Waals surface area contributed by atoms with Gasteiger partial charge in [-0.3, -0.25) is 9.59 Å². The van der Waals surface area contributed by atoms with Gasteiger partial charge in [-0.05, 0) is 31.0 Å². The number of carbonyl (C=O) groups excluding carboxylic acids is 3. The van der Waals surface area contributed by atoms with Gasteiger partial charge in [0.05, 0.1) is 25.0 Å². The summed E-state index contributed by atoms with van der Waals surface area (Å²) >= 11 is 1.22. The van der Waals surface area contributed by atoms with E-state index in [1.807, 2.05) is 0 Å². The van der Waals surface area contributed by atoms with Crippen LogP contribution in [0.4, 0.5) is 5.69 Å². The van der Waals surface area contributed by atoms with Crippen LogP contribution in [0.5, 0.6) is 5.75 Å². The second kappa shape index (κ2) is 8.19. The van der Waals surface area contributed by atoms with Crippen LogP contribution in [0.15, 0.2) is 18.2 Å². The van der Waals surface area contributed by atoms with E-state index in [0.717, 1.165) is 0 Å². The van der Waals surface area contributed by atoms with Crippen LogP contribution in [-0.4, -0.2) is 43.0 Å². The zero-order valence-corrected chi connectivity index (χ0v) is 14.9. The average Bonchev–Trinajstić information content (AvgIpc) is 2.93. The van der Waals surface area contributed by atoms with Gasteiger partial charge in [-0.1, -0.05) is 11.8 Å². The minimum absolute atomic E-state index is 0.0394. The fourth-order valence-electron chi connectivity index (χ4n) is 2.61. The van der Waals surface area contributed by atoms with E-state index < -0.39 is 5.97 Å². The average molecular weight is 351 g/mol.